The number of carboxylic acids is 1. The number of rotatable bonds is 5. The summed E-state index contributed by atoms with van der Waals surface area (Å²) >= 11 is 5.80. The highest BCUT2D eigenvalue weighted by atomic mass is 35.5. The molecule has 7 heteroatoms. The average molecular weight is 336 g/mol. The summed E-state index contributed by atoms with van der Waals surface area (Å²) in [6.07, 6.45) is 0. The standard InChI is InChI=1S/C16H14ClNO5/c1-22-10-4-5-11(14(8-10)23-2)15(19)18-9-3-6-13(17)12(7-9)16(20)21/h3-8H,1-2H3,(H,18,19)(H,20,21). The third-order valence-corrected chi connectivity index (χ3v) is 3.44. The molecule has 0 aliphatic carbocycles. The zero-order valence-corrected chi connectivity index (χ0v) is 13.2. The molecular formula is C16H14ClNO5. The number of benzene rings is 2. The first-order valence-corrected chi connectivity index (χ1v) is 6.90. The molecule has 0 fully saturated rings. The zero-order valence-electron chi connectivity index (χ0n) is 12.4. The monoisotopic (exact) mass is 335 g/mol. The molecule has 0 unspecified atom stereocenters. The van der Waals surface area contributed by atoms with Crippen LogP contribution in [-0.2, 0) is 0 Å². The number of hydrogen-bond donors (Lipinski definition) is 2. The summed E-state index contributed by atoms with van der Waals surface area (Å²) < 4.78 is 10.2. The normalized spacial score (nSPS) is 10.0. The van der Waals surface area contributed by atoms with Crippen molar-refractivity contribution in [2.45, 2.75) is 0 Å². The third kappa shape index (κ3) is 3.73. The summed E-state index contributed by atoms with van der Waals surface area (Å²) in [4.78, 5) is 23.4. The molecule has 0 heterocycles. The fourth-order valence-electron chi connectivity index (χ4n) is 1.95. The van der Waals surface area contributed by atoms with Crippen molar-refractivity contribution in [1.29, 1.82) is 0 Å². The van der Waals surface area contributed by atoms with Gasteiger partial charge in [0.2, 0.25) is 0 Å². The Balaban J connectivity index is 2.29. The van der Waals surface area contributed by atoms with E-state index in [0.29, 0.717) is 22.7 Å². The van der Waals surface area contributed by atoms with Gasteiger partial charge in [-0.05, 0) is 30.3 Å². The number of carbonyl (C=O) groups is 2. The number of anilines is 1. The first kappa shape index (κ1) is 16.6. The van der Waals surface area contributed by atoms with E-state index in [1.54, 1.807) is 18.2 Å². The lowest BCUT2D eigenvalue weighted by Gasteiger charge is -2.11. The minimum Gasteiger partial charge on any atom is -0.497 e. The van der Waals surface area contributed by atoms with Gasteiger partial charge >= 0.3 is 5.97 Å². The van der Waals surface area contributed by atoms with Crippen molar-refractivity contribution in [3.05, 3.63) is 52.5 Å². The molecule has 2 aromatic carbocycles. The Kier molecular flexibility index (Phi) is 5.08. The first-order valence-electron chi connectivity index (χ1n) is 6.52. The van der Waals surface area contributed by atoms with Gasteiger partial charge in [0, 0.05) is 11.8 Å². The molecule has 0 saturated carbocycles. The minimum atomic E-state index is -1.17. The van der Waals surface area contributed by atoms with Crippen LogP contribution in [0.15, 0.2) is 36.4 Å². The molecular weight excluding hydrogens is 322 g/mol. The number of amides is 1. The number of carboxylic acid groups (broad SMARTS) is 1. The molecule has 120 valence electrons. The van der Waals surface area contributed by atoms with Crippen molar-refractivity contribution in [2.24, 2.45) is 0 Å². The van der Waals surface area contributed by atoms with E-state index in [4.69, 9.17) is 26.2 Å². The van der Waals surface area contributed by atoms with E-state index >= 15 is 0 Å². The molecule has 0 spiro atoms. The van der Waals surface area contributed by atoms with Crippen LogP contribution in [-0.4, -0.2) is 31.2 Å². The molecule has 0 aromatic heterocycles. The SMILES string of the molecule is COc1ccc(C(=O)Nc2ccc(Cl)c(C(=O)O)c2)c(OC)c1. The molecule has 2 aromatic rings. The predicted molar refractivity (Wildman–Crippen MR) is 85.9 cm³/mol. The second-order valence-electron chi connectivity index (χ2n) is 4.52. The molecule has 0 bridgehead atoms. The maximum atomic E-state index is 12.3. The van der Waals surface area contributed by atoms with E-state index in [-0.39, 0.29) is 10.6 Å². The molecule has 2 rings (SSSR count). The smallest absolute Gasteiger partial charge is 0.337 e. The lowest BCUT2D eigenvalue weighted by molar-refractivity contribution is 0.0696. The fourth-order valence-corrected chi connectivity index (χ4v) is 2.15. The Morgan fingerprint density at radius 3 is 2.39 bits per heavy atom. The molecule has 0 aliphatic rings. The van der Waals surface area contributed by atoms with Crippen molar-refractivity contribution < 1.29 is 24.2 Å². The number of methoxy groups -OCH3 is 2. The van der Waals surface area contributed by atoms with Crippen LogP contribution in [0.2, 0.25) is 5.02 Å². The van der Waals surface area contributed by atoms with Gasteiger partial charge in [0.15, 0.2) is 0 Å². The summed E-state index contributed by atoms with van der Waals surface area (Å²) in [6.45, 7) is 0. The Hall–Kier alpha value is -2.73. The van der Waals surface area contributed by atoms with Gasteiger partial charge < -0.3 is 19.9 Å². The zero-order chi connectivity index (χ0) is 17.0. The van der Waals surface area contributed by atoms with Crippen molar-refractivity contribution in [1.82, 2.24) is 0 Å². The van der Waals surface area contributed by atoms with E-state index in [9.17, 15) is 9.59 Å². The molecule has 1 amide bonds. The van der Waals surface area contributed by atoms with Crippen LogP contribution in [0.3, 0.4) is 0 Å². The Labute approximate surface area is 137 Å². The van der Waals surface area contributed by atoms with E-state index < -0.39 is 11.9 Å². The van der Waals surface area contributed by atoms with Crippen molar-refractivity contribution in [2.75, 3.05) is 19.5 Å². The molecule has 0 radical (unpaired) electrons. The highest BCUT2D eigenvalue weighted by Gasteiger charge is 2.15. The van der Waals surface area contributed by atoms with E-state index in [0.717, 1.165) is 0 Å². The number of aromatic carboxylic acids is 1. The van der Waals surface area contributed by atoms with Crippen LogP contribution in [0.25, 0.3) is 0 Å². The second-order valence-corrected chi connectivity index (χ2v) is 4.93. The van der Waals surface area contributed by atoms with Crippen LogP contribution in [0.4, 0.5) is 5.69 Å². The van der Waals surface area contributed by atoms with Gasteiger partial charge in [0.05, 0.1) is 30.4 Å². The molecule has 0 atom stereocenters. The van der Waals surface area contributed by atoms with Crippen LogP contribution < -0.4 is 14.8 Å². The first-order chi connectivity index (χ1) is 11.0. The van der Waals surface area contributed by atoms with Crippen molar-refractivity contribution in [3.63, 3.8) is 0 Å². The van der Waals surface area contributed by atoms with Gasteiger partial charge in [-0.15, -0.1) is 0 Å². The van der Waals surface area contributed by atoms with Crippen molar-refractivity contribution >= 4 is 29.2 Å². The van der Waals surface area contributed by atoms with Gasteiger partial charge in [0.1, 0.15) is 11.5 Å². The quantitative estimate of drug-likeness (QED) is 0.875. The topological polar surface area (TPSA) is 84.9 Å². The van der Waals surface area contributed by atoms with Gasteiger partial charge in [-0.25, -0.2) is 4.79 Å². The highest BCUT2D eigenvalue weighted by molar-refractivity contribution is 6.33. The van der Waals surface area contributed by atoms with E-state index in [1.807, 2.05) is 0 Å². The van der Waals surface area contributed by atoms with Crippen LogP contribution in [0.5, 0.6) is 11.5 Å². The fraction of sp³-hybridized carbons (Fsp3) is 0.125. The van der Waals surface area contributed by atoms with Crippen LogP contribution in [0.1, 0.15) is 20.7 Å². The minimum absolute atomic E-state index is 0.0915. The summed E-state index contributed by atoms with van der Waals surface area (Å²) in [5, 5.41) is 11.8. The number of hydrogen-bond acceptors (Lipinski definition) is 4. The van der Waals surface area contributed by atoms with Gasteiger partial charge in [-0.2, -0.15) is 0 Å². The lowest BCUT2D eigenvalue weighted by atomic mass is 10.1. The summed E-state index contributed by atoms with van der Waals surface area (Å²) in [6, 6.07) is 8.98. The Bertz CT molecular complexity index is 760. The molecule has 0 saturated heterocycles. The van der Waals surface area contributed by atoms with Crippen molar-refractivity contribution in [3.8, 4) is 11.5 Å². The second kappa shape index (κ2) is 7.02. The highest BCUT2D eigenvalue weighted by Crippen LogP contribution is 2.26. The van der Waals surface area contributed by atoms with Gasteiger partial charge in [0.25, 0.3) is 5.91 Å². The maximum Gasteiger partial charge on any atom is 0.337 e. The van der Waals surface area contributed by atoms with Gasteiger partial charge in [-0.3, -0.25) is 4.79 Å². The summed E-state index contributed by atoms with van der Waals surface area (Å²) in [7, 11) is 2.95. The van der Waals surface area contributed by atoms with E-state index in [1.165, 1.54) is 32.4 Å². The Morgan fingerprint density at radius 1 is 1.04 bits per heavy atom. The Morgan fingerprint density at radius 2 is 1.78 bits per heavy atom. The van der Waals surface area contributed by atoms with Gasteiger partial charge in [-0.1, -0.05) is 11.6 Å². The average Bonchev–Trinajstić information content (AvgIpc) is 2.55. The van der Waals surface area contributed by atoms with Crippen LogP contribution >= 0.6 is 11.6 Å². The molecule has 23 heavy (non-hydrogen) atoms. The number of ether oxygens (including phenoxy) is 2. The maximum absolute atomic E-state index is 12.3. The van der Waals surface area contributed by atoms with Crippen LogP contribution in [0, 0.1) is 0 Å². The molecule has 6 nitrogen and oxygen atoms in total. The number of carbonyl (C=O) groups excluding carboxylic acids is 1. The summed E-state index contributed by atoms with van der Waals surface area (Å²) in [5.74, 6) is -0.719. The molecule has 0 aliphatic heterocycles. The summed E-state index contributed by atoms with van der Waals surface area (Å²) in [5.41, 5.74) is 0.515. The number of nitrogens with one attached hydrogen (secondary N) is 1. The number of halogens is 1. The third-order valence-electron chi connectivity index (χ3n) is 3.11. The van der Waals surface area contributed by atoms with E-state index in [2.05, 4.69) is 5.32 Å². The lowest BCUT2D eigenvalue weighted by Crippen LogP contribution is -2.14. The molecule has 2 N–H and O–H groups in total. The largest absolute Gasteiger partial charge is 0.497 e. The predicted octanol–water partition coefficient (Wildman–Crippen LogP) is 3.31.